The number of ether oxygens (including phenoxy) is 1. The van der Waals surface area contributed by atoms with Crippen molar-refractivity contribution in [1.29, 1.82) is 0 Å². The molecule has 1 amide bonds. The van der Waals surface area contributed by atoms with Crippen molar-refractivity contribution in [2.24, 2.45) is 0 Å². The zero-order chi connectivity index (χ0) is 22.7. The van der Waals surface area contributed by atoms with Crippen molar-refractivity contribution in [1.82, 2.24) is 9.78 Å². The standard InChI is InChI=1S/C19H16ClN5O6/c1-11-5-13(20)3-4-17(11)31-16-8-14(7-15(9-16)24(27)28)21-19(26)10-23-12(2)6-18(22-23)25(29)30/h3-9H,10H2,1-2H3,(H,21,26). The lowest BCUT2D eigenvalue weighted by molar-refractivity contribution is -0.389. The van der Waals surface area contributed by atoms with E-state index in [2.05, 4.69) is 10.4 Å². The third-order valence-corrected chi connectivity index (χ3v) is 4.43. The minimum atomic E-state index is -0.662. The van der Waals surface area contributed by atoms with Crippen LogP contribution in [0.2, 0.25) is 5.02 Å². The molecule has 1 aromatic heterocycles. The number of nitrogens with one attached hydrogen (secondary N) is 1. The van der Waals surface area contributed by atoms with Gasteiger partial charge in [0.2, 0.25) is 5.91 Å². The smallest absolute Gasteiger partial charge is 0.390 e. The van der Waals surface area contributed by atoms with E-state index in [9.17, 15) is 25.0 Å². The van der Waals surface area contributed by atoms with Crippen LogP contribution in [0.3, 0.4) is 0 Å². The maximum Gasteiger partial charge on any atom is 0.390 e. The van der Waals surface area contributed by atoms with Gasteiger partial charge < -0.3 is 20.2 Å². The molecule has 0 spiro atoms. The Balaban J connectivity index is 1.82. The number of benzene rings is 2. The molecule has 0 saturated carbocycles. The number of aromatic nitrogens is 2. The Morgan fingerprint density at radius 1 is 1.13 bits per heavy atom. The number of amides is 1. The van der Waals surface area contributed by atoms with E-state index in [0.717, 1.165) is 5.56 Å². The number of aryl methyl sites for hydroxylation is 2. The molecule has 3 aromatic rings. The van der Waals surface area contributed by atoms with Gasteiger partial charge in [-0.1, -0.05) is 11.6 Å². The van der Waals surface area contributed by atoms with Gasteiger partial charge in [-0.2, -0.15) is 4.68 Å². The Hall–Kier alpha value is -3.99. The zero-order valence-corrected chi connectivity index (χ0v) is 17.1. The summed E-state index contributed by atoms with van der Waals surface area (Å²) in [5, 5.41) is 28.9. The third kappa shape index (κ3) is 5.34. The summed E-state index contributed by atoms with van der Waals surface area (Å²) in [5.74, 6) is -0.368. The lowest BCUT2D eigenvalue weighted by Gasteiger charge is -2.11. The van der Waals surface area contributed by atoms with Crippen LogP contribution in [-0.2, 0) is 11.3 Å². The second-order valence-electron chi connectivity index (χ2n) is 6.59. The summed E-state index contributed by atoms with van der Waals surface area (Å²) < 4.78 is 6.90. The van der Waals surface area contributed by atoms with Gasteiger partial charge in [-0.25, -0.2) is 0 Å². The monoisotopic (exact) mass is 445 g/mol. The van der Waals surface area contributed by atoms with Crippen molar-refractivity contribution in [3.63, 3.8) is 0 Å². The van der Waals surface area contributed by atoms with Crippen molar-refractivity contribution < 1.29 is 19.4 Å². The summed E-state index contributed by atoms with van der Waals surface area (Å²) in [6, 6.07) is 10.0. The van der Waals surface area contributed by atoms with Gasteiger partial charge in [-0.3, -0.25) is 14.9 Å². The Bertz CT molecular complexity index is 1190. The van der Waals surface area contributed by atoms with Crippen LogP contribution in [0.25, 0.3) is 0 Å². The molecule has 2 aromatic carbocycles. The highest BCUT2D eigenvalue weighted by Crippen LogP contribution is 2.32. The number of hydrogen-bond acceptors (Lipinski definition) is 7. The number of nitro benzene ring substituents is 1. The van der Waals surface area contributed by atoms with Crippen LogP contribution < -0.4 is 10.1 Å². The number of rotatable bonds is 7. The number of nitro groups is 2. The minimum Gasteiger partial charge on any atom is -0.457 e. The lowest BCUT2D eigenvalue weighted by Crippen LogP contribution is -2.20. The molecule has 160 valence electrons. The predicted octanol–water partition coefficient (Wildman–Crippen LogP) is 4.40. The number of non-ortho nitro benzene ring substituents is 1. The molecule has 3 rings (SSSR count). The van der Waals surface area contributed by atoms with Crippen molar-refractivity contribution in [3.8, 4) is 11.5 Å². The summed E-state index contributed by atoms with van der Waals surface area (Å²) >= 11 is 5.93. The first-order chi connectivity index (χ1) is 14.6. The van der Waals surface area contributed by atoms with Crippen LogP contribution >= 0.6 is 11.6 Å². The third-order valence-electron chi connectivity index (χ3n) is 4.20. The topological polar surface area (TPSA) is 142 Å². The molecular weight excluding hydrogens is 430 g/mol. The molecule has 0 aliphatic rings. The van der Waals surface area contributed by atoms with Gasteiger partial charge in [0, 0.05) is 17.2 Å². The molecule has 0 atom stereocenters. The number of carbonyl (C=O) groups excluding carboxylic acids is 1. The van der Waals surface area contributed by atoms with Crippen LogP contribution in [0.4, 0.5) is 17.2 Å². The van der Waals surface area contributed by atoms with Gasteiger partial charge in [-0.05, 0) is 42.5 Å². The van der Waals surface area contributed by atoms with Crippen molar-refractivity contribution in [2.75, 3.05) is 5.32 Å². The average Bonchev–Trinajstić information content (AvgIpc) is 3.04. The van der Waals surface area contributed by atoms with E-state index in [1.165, 1.54) is 28.9 Å². The van der Waals surface area contributed by atoms with Crippen LogP contribution in [0, 0.1) is 34.1 Å². The van der Waals surface area contributed by atoms with Crippen LogP contribution in [0.1, 0.15) is 11.3 Å². The first-order valence-electron chi connectivity index (χ1n) is 8.84. The van der Waals surface area contributed by atoms with E-state index in [1.54, 1.807) is 32.0 Å². The summed E-state index contributed by atoms with van der Waals surface area (Å²) in [7, 11) is 0. The summed E-state index contributed by atoms with van der Waals surface area (Å²) in [5.41, 5.74) is 0.980. The molecule has 0 unspecified atom stereocenters. The Morgan fingerprint density at radius 2 is 1.87 bits per heavy atom. The second-order valence-corrected chi connectivity index (χ2v) is 7.03. The molecule has 0 saturated heterocycles. The molecule has 0 fully saturated rings. The number of nitrogens with zero attached hydrogens (tertiary/aromatic N) is 4. The summed E-state index contributed by atoms with van der Waals surface area (Å²) in [4.78, 5) is 33.2. The highest BCUT2D eigenvalue weighted by Gasteiger charge is 2.19. The molecule has 0 aliphatic heterocycles. The van der Waals surface area contributed by atoms with Gasteiger partial charge in [0.1, 0.15) is 18.0 Å². The van der Waals surface area contributed by atoms with Crippen LogP contribution in [0.15, 0.2) is 42.5 Å². The normalized spacial score (nSPS) is 10.5. The van der Waals surface area contributed by atoms with Gasteiger partial charge in [0.25, 0.3) is 5.69 Å². The minimum absolute atomic E-state index is 0.125. The number of carbonyl (C=O) groups is 1. The molecule has 0 bridgehead atoms. The fraction of sp³-hybridized carbons (Fsp3) is 0.158. The van der Waals surface area contributed by atoms with Crippen molar-refractivity contribution >= 4 is 34.7 Å². The SMILES string of the molecule is Cc1cc(Cl)ccc1Oc1cc(NC(=O)Cn2nc([N+](=O)[O-])cc2C)cc([N+](=O)[O-])c1. The molecule has 31 heavy (non-hydrogen) atoms. The van der Waals surface area contributed by atoms with Crippen molar-refractivity contribution in [2.45, 2.75) is 20.4 Å². The largest absolute Gasteiger partial charge is 0.457 e. The van der Waals surface area contributed by atoms with Crippen molar-refractivity contribution in [3.05, 3.63) is 79.0 Å². The summed E-state index contributed by atoms with van der Waals surface area (Å²) in [6.07, 6.45) is 0. The zero-order valence-electron chi connectivity index (χ0n) is 16.4. The second kappa shape index (κ2) is 8.79. The first kappa shape index (κ1) is 21.7. The molecule has 11 nitrogen and oxygen atoms in total. The Labute approximate surface area is 180 Å². The maximum atomic E-state index is 12.4. The van der Waals surface area contributed by atoms with E-state index in [4.69, 9.17) is 16.3 Å². The number of hydrogen-bond donors (Lipinski definition) is 1. The highest BCUT2D eigenvalue weighted by molar-refractivity contribution is 6.30. The van der Waals surface area contributed by atoms with E-state index >= 15 is 0 Å². The number of anilines is 1. The van der Waals surface area contributed by atoms with Crippen LogP contribution in [0.5, 0.6) is 11.5 Å². The molecule has 0 radical (unpaired) electrons. The molecule has 1 N–H and O–H groups in total. The lowest BCUT2D eigenvalue weighted by atomic mass is 10.2. The Morgan fingerprint density at radius 3 is 2.48 bits per heavy atom. The van der Waals surface area contributed by atoms with Gasteiger partial charge in [0.05, 0.1) is 33.5 Å². The molecular formula is C19H16ClN5O6. The predicted molar refractivity (Wildman–Crippen MR) is 112 cm³/mol. The van der Waals surface area contributed by atoms with Gasteiger partial charge in [0.15, 0.2) is 0 Å². The Kier molecular flexibility index (Phi) is 6.16. The molecule has 12 heteroatoms. The fourth-order valence-electron chi connectivity index (χ4n) is 2.75. The fourth-order valence-corrected chi connectivity index (χ4v) is 2.98. The number of halogens is 1. The van der Waals surface area contributed by atoms with E-state index in [1.807, 2.05) is 0 Å². The molecule has 1 heterocycles. The first-order valence-corrected chi connectivity index (χ1v) is 9.22. The molecule has 0 aliphatic carbocycles. The summed E-state index contributed by atoms with van der Waals surface area (Å²) in [6.45, 7) is 3.03. The van der Waals surface area contributed by atoms with Crippen LogP contribution in [-0.4, -0.2) is 25.5 Å². The highest BCUT2D eigenvalue weighted by atomic mass is 35.5. The van der Waals surface area contributed by atoms with Gasteiger partial charge in [-0.15, -0.1) is 0 Å². The van der Waals surface area contributed by atoms with Gasteiger partial charge >= 0.3 is 5.82 Å². The average molecular weight is 446 g/mol. The van der Waals surface area contributed by atoms with E-state index < -0.39 is 15.8 Å². The van der Waals surface area contributed by atoms with E-state index in [-0.39, 0.29) is 29.5 Å². The van der Waals surface area contributed by atoms with E-state index in [0.29, 0.717) is 16.5 Å². The maximum absolute atomic E-state index is 12.4. The quantitative estimate of drug-likeness (QED) is 0.419.